The molecule has 1 aliphatic rings. The van der Waals surface area contributed by atoms with Crippen LogP contribution in [0.25, 0.3) is 11.5 Å². The van der Waals surface area contributed by atoms with Gasteiger partial charge in [0.2, 0.25) is 17.7 Å². The molecule has 6 heteroatoms. The molecule has 0 N–H and O–H groups in total. The van der Waals surface area contributed by atoms with Crippen molar-refractivity contribution < 1.29 is 13.9 Å². The van der Waals surface area contributed by atoms with Gasteiger partial charge in [0, 0.05) is 31.5 Å². The average Bonchev–Trinajstić information content (AvgIpc) is 3.02. The molecule has 122 valence electrons. The highest BCUT2D eigenvalue weighted by Crippen LogP contribution is 2.19. The lowest BCUT2D eigenvalue weighted by molar-refractivity contribution is -0.138. The summed E-state index contributed by atoms with van der Waals surface area (Å²) in [6.45, 7) is 5.91. The summed E-state index contributed by atoms with van der Waals surface area (Å²) in [5.74, 6) is 1.10. The number of carbonyl (C=O) groups excluding carboxylic acids is 1. The monoisotopic (exact) mass is 315 g/mol. The number of aryl methyl sites for hydroxylation is 2. The van der Waals surface area contributed by atoms with Crippen molar-refractivity contribution in [3.05, 3.63) is 35.7 Å². The van der Waals surface area contributed by atoms with E-state index in [0.29, 0.717) is 44.3 Å². The number of morpholine rings is 1. The molecule has 1 saturated heterocycles. The van der Waals surface area contributed by atoms with Crippen molar-refractivity contribution in [3.8, 4) is 11.5 Å². The number of amides is 1. The van der Waals surface area contributed by atoms with Crippen LogP contribution in [0.5, 0.6) is 0 Å². The van der Waals surface area contributed by atoms with Crippen LogP contribution in [0.3, 0.4) is 0 Å². The Morgan fingerprint density at radius 2 is 2.09 bits per heavy atom. The van der Waals surface area contributed by atoms with Crippen LogP contribution < -0.4 is 0 Å². The molecule has 2 heterocycles. The Morgan fingerprint density at radius 3 is 2.83 bits per heavy atom. The predicted molar refractivity (Wildman–Crippen MR) is 84.8 cm³/mol. The van der Waals surface area contributed by atoms with E-state index in [1.807, 2.05) is 43.0 Å². The van der Waals surface area contributed by atoms with E-state index in [0.717, 1.165) is 5.56 Å². The Bertz CT molecular complexity index is 666. The molecule has 1 fully saturated rings. The van der Waals surface area contributed by atoms with Gasteiger partial charge in [0.15, 0.2) is 0 Å². The Hall–Kier alpha value is -2.21. The fraction of sp³-hybridized carbons (Fsp3) is 0.471. The minimum Gasteiger partial charge on any atom is -0.421 e. The van der Waals surface area contributed by atoms with Gasteiger partial charge in [-0.1, -0.05) is 17.7 Å². The van der Waals surface area contributed by atoms with Crippen LogP contribution in [0, 0.1) is 6.92 Å². The summed E-state index contributed by atoms with van der Waals surface area (Å²) >= 11 is 0. The fourth-order valence-corrected chi connectivity index (χ4v) is 2.58. The number of ether oxygens (including phenoxy) is 1. The predicted octanol–water partition coefficient (Wildman–Crippen LogP) is 2.22. The van der Waals surface area contributed by atoms with E-state index in [4.69, 9.17) is 9.15 Å². The van der Waals surface area contributed by atoms with Crippen molar-refractivity contribution in [2.75, 3.05) is 19.7 Å². The molecule has 6 nitrogen and oxygen atoms in total. The van der Waals surface area contributed by atoms with Crippen molar-refractivity contribution in [2.24, 2.45) is 0 Å². The summed E-state index contributed by atoms with van der Waals surface area (Å²) in [4.78, 5) is 14.1. The molecule has 1 aromatic heterocycles. The van der Waals surface area contributed by atoms with Crippen molar-refractivity contribution in [1.29, 1.82) is 0 Å². The first-order valence-electron chi connectivity index (χ1n) is 7.90. The van der Waals surface area contributed by atoms with Crippen LogP contribution in [0.1, 0.15) is 24.8 Å². The van der Waals surface area contributed by atoms with Crippen molar-refractivity contribution >= 4 is 5.91 Å². The quantitative estimate of drug-likeness (QED) is 0.865. The van der Waals surface area contributed by atoms with Crippen LogP contribution in [0.2, 0.25) is 0 Å². The number of carbonyl (C=O) groups is 1. The summed E-state index contributed by atoms with van der Waals surface area (Å²) in [5.41, 5.74) is 2.07. The van der Waals surface area contributed by atoms with E-state index in [2.05, 4.69) is 10.2 Å². The highest BCUT2D eigenvalue weighted by atomic mass is 16.5. The molecular formula is C17H21N3O3. The number of rotatable bonds is 4. The van der Waals surface area contributed by atoms with Gasteiger partial charge >= 0.3 is 0 Å². The van der Waals surface area contributed by atoms with Gasteiger partial charge in [-0.05, 0) is 26.0 Å². The lowest BCUT2D eigenvalue weighted by Crippen LogP contribution is -2.44. The van der Waals surface area contributed by atoms with Gasteiger partial charge in [-0.3, -0.25) is 4.79 Å². The highest BCUT2D eigenvalue weighted by molar-refractivity contribution is 5.76. The first kappa shape index (κ1) is 15.7. The van der Waals surface area contributed by atoms with Crippen LogP contribution in [0.4, 0.5) is 0 Å². The van der Waals surface area contributed by atoms with Gasteiger partial charge in [-0.15, -0.1) is 10.2 Å². The molecule has 23 heavy (non-hydrogen) atoms. The zero-order valence-corrected chi connectivity index (χ0v) is 13.5. The molecule has 0 spiro atoms. The van der Waals surface area contributed by atoms with Gasteiger partial charge in [-0.25, -0.2) is 0 Å². The zero-order chi connectivity index (χ0) is 16.2. The maximum atomic E-state index is 12.2. The number of aromatic nitrogens is 2. The minimum atomic E-state index is 0.101. The van der Waals surface area contributed by atoms with E-state index in [1.54, 1.807) is 0 Å². The molecule has 0 aliphatic carbocycles. The number of hydrogen-bond donors (Lipinski definition) is 0. The van der Waals surface area contributed by atoms with E-state index >= 15 is 0 Å². The van der Waals surface area contributed by atoms with Crippen molar-refractivity contribution in [3.63, 3.8) is 0 Å². The second kappa shape index (κ2) is 6.91. The van der Waals surface area contributed by atoms with Crippen LogP contribution in [0.15, 0.2) is 28.7 Å². The molecule has 1 atom stereocenters. The maximum absolute atomic E-state index is 12.2. The van der Waals surface area contributed by atoms with E-state index in [1.165, 1.54) is 5.56 Å². The number of benzene rings is 1. The standard InChI is InChI=1S/C17H21N3O3/c1-12-3-5-14(6-4-12)17-19-18-15(23-17)7-8-16(21)20-9-10-22-13(2)11-20/h3-6,13H,7-11H2,1-2H3. The molecule has 3 rings (SSSR count). The van der Waals surface area contributed by atoms with Gasteiger partial charge in [0.25, 0.3) is 0 Å². The molecule has 1 aromatic carbocycles. The fourth-order valence-electron chi connectivity index (χ4n) is 2.58. The van der Waals surface area contributed by atoms with E-state index in [-0.39, 0.29) is 12.0 Å². The Labute approximate surface area is 135 Å². The average molecular weight is 315 g/mol. The lowest BCUT2D eigenvalue weighted by atomic mass is 10.1. The third-order valence-electron chi connectivity index (χ3n) is 3.91. The second-order valence-electron chi connectivity index (χ2n) is 5.89. The zero-order valence-electron chi connectivity index (χ0n) is 13.5. The smallest absolute Gasteiger partial charge is 0.247 e. The molecule has 0 radical (unpaired) electrons. The summed E-state index contributed by atoms with van der Waals surface area (Å²) in [7, 11) is 0. The van der Waals surface area contributed by atoms with Gasteiger partial charge < -0.3 is 14.1 Å². The van der Waals surface area contributed by atoms with E-state index in [9.17, 15) is 4.79 Å². The third kappa shape index (κ3) is 3.96. The molecule has 0 bridgehead atoms. The van der Waals surface area contributed by atoms with Crippen LogP contribution in [-0.4, -0.2) is 46.8 Å². The third-order valence-corrected chi connectivity index (χ3v) is 3.91. The molecule has 0 saturated carbocycles. The Kier molecular flexibility index (Phi) is 4.71. The van der Waals surface area contributed by atoms with Gasteiger partial charge in [0.1, 0.15) is 0 Å². The van der Waals surface area contributed by atoms with Crippen molar-refractivity contribution in [2.45, 2.75) is 32.8 Å². The van der Waals surface area contributed by atoms with Crippen LogP contribution in [-0.2, 0) is 16.0 Å². The van der Waals surface area contributed by atoms with E-state index < -0.39 is 0 Å². The minimum absolute atomic E-state index is 0.101. The SMILES string of the molecule is Cc1ccc(-c2nnc(CCC(=O)N3CCOC(C)C3)o2)cc1. The summed E-state index contributed by atoms with van der Waals surface area (Å²) in [5, 5.41) is 8.09. The Morgan fingerprint density at radius 1 is 1.30 bits per heavy atom. The Balaban J connectivity index is 1.56. The molecular weight excluding hydrogens is 294 g/mol. The highest BCUT2D eigenvalue weighted by Gasteiger charge is 2.21. The van der Waals surface area contributed by atoms with Gasteiger partial charge in [0.05, 0.1) is 12.7 Å². The lowest BCUT2D eigenvalue weighted by Gasteiger charge is -2.31. The summed E-state index contributed by atoms with van der Waals surface area (Å²) in [6.07, 6.45) is 0.940. The maximum Gasteiger partial charge on any atom is 0.247 e. The first-order valence-corrected chi connectivity index (χ1v) is 7.90. The van der Waals surface area contributed by atoms with Gasteiger partial charge in [-0.2, -0.15) is 0 Å². The number of nitrogens with zero attached hydrogens (tertiary/aromatic N) is 3. The van der Waals surface area contributed by atoms with Crippen molar-refractivity contribution in [1.82, 2.24) is 15.1 Å². The molecule has 1 unspecified atom stereocenters. The number of hydrogen-bond acceptors (Lipinski definition) is 5. The normalized spacial score (nSPS) is 18.2. The topological polar surface area (TPSA) is 68.5 Å². The second-order valence-corrected chi connectivity index (χ2v) is 5.89. The molecule has 1 aliphatic heterocycles. The first-order chi connectivity index (χ1) is 11.1. The summed E-state index contributed by atoms with van der Waals surface area (Å²) < 4.78 is 11.1. The largest absolute Gasteiger partial charge is 0.421 e. The van der Waals surface area contributed by atoms with Crippen LogP contribution >= 0.6 is 0 Å². The summed E-state index contributed by atoms with van der Waals surface area (Å²) in [6, 6.07) is 7.91. The molecule has 1 amide bonds. The molecule has 2 aromatic rings.